The first kappa shape index (κ1) is 42.8. The monoisotopic (exact) mass is 896 g/mol. The molecule has 2 saturated heterocycles. The highest BCUT2D eigenvalue weighted by atomic mass is 127. The molecular formula is C40H70I2N2O4. The lowest BCUT2D eigenvalue weighted by Crippen LogP contribution is -2.48. The SMILES string of the molecule is CCCCCCCCCCCCC1(c2nc(I)c(C3(CCCCCCCCCCCC)OCC(C)(C)CO3)nc2I)OCC(C)(C)CO1. The number of aromatic nitrogens is 2. The molecule has 0 spiro atoms. The van der Waals surface area contributed by atoms with Crippen LogP contribution in [0.4, 0.5) is 0 Å². The smallest absolute Gasteiger partial charge is 0.215 e. The molecule has 0 saturated carbocycles. The van der Waals surface area contributed by atoms with E-state index in [1.54, 1.807) is 0 Å². The van der Waals surface area contributed by atoms with Crippen LogP contribution in [-0.2, 0) is 30.5 Å². The molecular weight excluding hydrogens is 826 g/mol. The van der Waals surface area contributed by atoms with Gasteiger partial charge in [-0.1, -0.05) is 157 Å². The largest absolute Gasteiger partial charge is 0.344 e. The standard InChI is InChI=1S/C40H70I2N2O4/c1-7-9-11-13-15-17-19-21-23-25-27-39(45-29-37(3,4)30-46-39)33-35(41)44-34(36(42)43-33)40(47-31-38(5,6)32-48-40)28-26-24-22-20-18-16-14-12-10-8-2/h7-32H2,1-6H3. The summed E-state index contributed by atoms with van der Waals surface area (Å²) in [5.41, 5.74) is 1.58. The van der Waals surface area contributed by atoms with Crippen molar-refractivity contribution in [2.75, 3.05) is 26.4 Å². The molecule has 2 fully saturated rings. The number of nitrogens with zero attached hydrogens (tertiary/aromatic N) is 2. The molecule has 0 aliphatic carbocycles. The van der Waals surface area contributed by atoms with Gasteiger partial charge in [0.2, 0.25) is 11.6 Å². The van der Waals surface area contributed by atoms with Crippen LogP contribution in [0.15, 0.2) is 0 Å². The fourth-order valence-corrected chi connectivity index (χ4v) is 8.33. The molecule has 0 atom stereocenters. The number of hydrogen-bond donors (Lipinski definition) is 0. The zero-order valence-corrected chi connectivity index (χ0v) is 36.0. The summed E-state index contributed by atoms with van der Waals surface area (Å²) in [5.74, 6) is -1.73. The van der Waals surface area contributed by atoms with Gasteiger partial charge in [0.1, 0.15) is 18.8 Å². The Morgan fingerprint density at radius 3 is 0.958 bits per heavy atom. The third-order valence-electron chi connectivity index (χ3n) is 10.0. The molecule has 8 heteroatoms. The van der Waals surface area contributed by atoms with Gasteiger partial charge in [-0.25, -0.2) is 9.97 Å². The molecule has 0 amide bonds. The molecule has 3 rings (SSSR count). The van der Waals surface area contributed by atoms with E-state index in [0.717, 1.165) is 44.5 Å². The highest BCUT2D eigenvalue weighted by Crippen LogP contribution is 2.44. The summed E-state index contributed by atoms with van der Waals surface area (Å²) in [6.45, 7) is 16.0. The summed E-state index contributed by atoms with van der Waals surface area (Å²) in [7, 11) is 0. The normalized spacial score (nSPS) is 19.8. The second kappa shape index (κ2) is 21.8. The van der Waals surface area contributed by atoms with Gasteiger partial charge in [0.15, 0.2) is 0 Å². The molecule has 0 bridgehead atoms. The second-order valence-corrected chi connectivity index (χ2v) is 18.4. The van der Waals surface area contributed by atoms with Crippen LogP contribution in [0.5, 0.6) is 0 Å². The Morgan fingerprint density at radius 1 is 0.438 bits per heavy atom. The molecule has 2 aliphatic heterocycles. The molecule has 2 aliphatic rings. The Bertz CT molecular complexity index is 949. The first-order valence-corrected chi connectivity index (χ1v) is 21.9. The molecule has 0 radical (unpaired) electrons. The van der Waals surface area contributed by atoms with Crippen molar-refractivity contribution < 1.29 is 18.9 Å². The van der Waals surface area contributed by atoms with Crippen LogP contribution < -0.4 is 0 Å². The lowest BCUT2D eigenvalue weighted by atomic mass is 9.92. The Morgan fingerprint density at radius 2 is 0.688 bits per heavy atom. The third kappa shape index (κ3) is 14.1. The highest BCUT2D eigenvalue weighted by molar-refractivity contribution is 14.1. The summed E-state index contributed by atoms with van der Waals surface area (Å²) in [6.07, 6.45) is 27.6. The van der Waals surface area contributed by atoms with Gasteiger partial charge < -0.3 is 18.9 Å². The second-order valence-electron chi connectivity index (χ2n) is 16.4. The first-order valence-electron chi connectivity index (χ1n) is 19.8. The molecule has 1 aromatic rings. The van der Waals surface area contributed by atoms with Crippen molar-refractivity contribution in [2.45, 2.75) is 194 Å². The van der Waals surface area contributed by atoms with Crippen LogP contribution in [0.2, 0.25) is 0 Å². The van der Waals surface area contributed by atoms with Gasteiger partial charge in [0.25, 0.3) is 0 Å². The Labute approximate surface area is 322 Å². The number of halogens is 2. The number of ether oxygens (including phenoxy) is 4. The maximum Gasteiger partial charge on any atom is 0.215 e. The van der Waals surface area contributed by atoms with E-state index >= 15 is 0 Å². The summed E-state index contributed by atoms with van der Waals surface area (Å²) in [5, 5.41) is 0. The zero-order chi connectivity index (χ0) is 34.9. The molecule has 278 valence electrons. The summed E-state index contributed by atoms with van der Waals surface area (Å²) >= 11 is 4.70. The third-order valence-corrected chi connectivity index (χ3v) is 11.5. The van der Waals surface area contributed by atoms with E-state index in [2.05, 4.69) is 86.7 Å². The molecule has 3 heterocycles. The van der Waals surface area contributed by atoms with Gasteiger partial charge >= 0.3 is 0 Å². The zero-order valence-electron chi connectivity index (χ0n) is 31.7. The molecule has 0 N–H and O–H groups in total. The predicted octanol–water partition coefficient (Wildman–Crippen LogP) is 12.8. The highest BCUT2D eigenvalue weighted by Gasteiger charge is 2.48. The van der Waals surface area contributed by atoms with Crippen molar-refractivity contribution in [3.8, 4) is 0 Å². The van der Waals surface area contributed by atoms with Crippen molar-refractivity contribution >= 4 is 45.2 Å². The average molecular weight is 897 g/mol. The van der Waals surface area contributed by atoms with Crippen molar-refractivity contribution in [2.24, 2.45) is 10.8 Å². The quantitative estimate of drug-likeness (QED) is 0.0761. The van der Waals surface area contributed by atoms with E-state index in [1.165, 1.54) is 116 Å². The summed E-state index contributed by atoms with van der Waals surface area (Å²) < 4.78 is 28.3. The molecule has 6 nitrogen and oxygen atoms in total. The van der Waals surface area contributed by atoms with Crippen molar-refractivity contribution in [3.63, 3.8) is 0 Å². The van der Waals surface area contributed by atoms with Gasteiger partial charge in [-0.15, -0.1) is 0 Å². The van der Waals surface area contributed by atoms with Crippen LogP contribution in [0.1, 0.15) is 194 Å². The summed E-state index contributed by atoms with van der Waals surface area (Å²) in [4.78, 5) is 10.5. The number of unbranched alkanes of at least 4 members (excludes halogenated alkanes) is 18. The van der Waals surface area contributed by atoms with Gasteiger partial charge in [0.05, 0.1) is 26.4 Å². The molecule has 48 heavy (non-hydrogen) atoms. The van der Waals surface area contributed by atoms with Gasteiger partial charge in [0, 0.05) is 23.7 Å². The van der Waals surface area contributed by atoms with E-state index in [4.69, 9.17) is 28.9 Å². The van der Waals surface area contributed by atoms with Gasteiger partial charge in [-0.2, -0.15) is 0 Å². The minimum Gasteiger partial charge on any atom is -0.344 e. The lowest BCUT2D eigenvalue weighted by molar-refractivity contribution is -0.316. The maximum absolute atomic E-state index is 6.67. The van der Waals surface area contributed by atoms with Crippen molar-refractivity contribution in [3.05, 3.63) is 18.8 Å². The Balaban J connectivity index is 1.67. The number of hydrogen-bond acceptors (Lipinski definition) is 6. The van der Waals surface area contributed by atoms with Crippen LogP contribution in [0.3, 0.4) is 0 Å². The van der Waals surface area contributed by atoms with Crippen molar-refractivity contribution in [1.82, 2.24) is 9.97 Å². The van der Waals surface area contributed by atoms with E-state index in [0.29, 0.717) is 26.4 Å². The Hall–Kier alpha value is 0.380. The topological polar surface area (TPSA) is 62.7 Å². The van der Waals surface area contributed by atoms with E-state index in [1.807, 2.05) is 0 Å². The minimum atomic E-state index is -0.863. The van der Waals surface area contributed by atoms with E-state index < -0.39 is 11.6 Å². The maximum atomic E-state index is 6.67. The Kier molecular flexibility index (Phi) is 19.4. The predicted molar refractivity (Wildman–Crippen MR) is 215 cm³/mol. The fraction of sp³-hybridized carbons (Fsp3) is 0.900. The number of rotatable bonds is 24. The minimum absolute atomic E-state index is 0.0249. The van der Waals surface area contributed by atoms with Gasteiger partial charge in [-0.05, 0) is 58.0 Å². The molecule has 0 aromatic carbocycles. The van der Waals surface area contributed by atoms with Crippen LogP contribution in [0, 0.1) is 18.2 Å². The van der Waals surface area contributed by atoms with Gasteiger partial charge in [-0.3, -0.25) is 0 Å². The first-order chi connectivity index (χ1) is 23.0. The van der Waals surface area contributed by atoms with E-state index in [-0.39, 0.29) is 10.8 Å². The average Bonchev–Trinajstić information content (AvgIpc) is 3.05. The molecule has 0 unspecified atom stereocenters. The fourth-order valence-electron chi connectivity index (χ4n) is 6.78. The van der Waals surface area contributed by atoms with E-state index in [9.17, 15) is 0 Å². The van der Waals surface area contributed by atoms with Crippen LogP contribution >= 0.6 is 45.2 Å². The summed E-state index contributed by atoms with van der Waals surface area (Å²) in [6, 6.07) is 0. The van der Waals surface area contributed by atoms with Crippen LogP contribution in [0.25, 0.3) is 0 Å². The van der Waals surface area contributed by atoms with Crippen molar-refractivity contribution in [1.29, 1.82) is 0 Å². The lowest BCUT2D eigenvalue weighted by Gasteiger charge is -2.45. The van der Waals surface area contributed by atoms with Crippen LogP contribution in [-0.4, -0.2) is 36.4 Å². The molecule has 1 aromatic heterocycles.